The van der Waals surface area contributed by atoms with Crippen LogP contribution in [0.3, 0.4) is 0 Å². The summed E-state index contributed by atoms with van der Waals surface area (Å²) in [4.78, 5) is 27.6. The van der Waals surface area contributed by atoms with Crippen LogP contribution in [-0.4, -0.2) is 37.0 Å². The van der Waals surface area contributed by atoms with Crippen molar-refractivity contribution < 1.29 is 24.2 Å². The van der Waals surface area contributed by atoms with Crippen LogP contribution in [0.5, 0.6) is 0 Å². The Morgan fingerprint density at radius 3 is 2.54 bits per heavy atom. The van der Waals surface area contributed by atoms with E-state index in [1.54, 1.807) is 0 Å². The van der Waals surface area contributed by atoms with Crippen LogP contribution in [0, 0.1) is 0 Å². The number of carbonyl (C=O) groups excluding carboxylic acids is 2. The maximum atomic E-state index is 11.9. The minimum absolute atomic E-state index is 0.0133. The van der Waals surface area contributed by atoms with Crippen molar-refractivity contribution in [3.63, 3.8) is 0 Å². The zero-order valence-electron chi connectivity index (χ0n) is 13.4. The zero-order valence-corrected chi connectivity index (χ0v) is 14.9. The van der Waals surface area contributed by atoms with Gasteiger partial charge in [0.25, 0.3) is 0 Å². The van der Waals surface area contributed by atoms with Crippen molar-refractivity contribution in [3.8, 4) is 0 Å². The molecular formula is C16H17Cl2NO5. The monoisotopic (exact) mass is 373 g/mol. The topological polar surface area (TPSA) is 85.2 Å². The summed E-state index contributed by atoms with van der Waals surface area (Å²) < 4.78 is 9.57. The van der Waals surface area contributed by atoms with E-state index in [1.165, 1.54) is 26.2 Å². The smallest absolute Gasteiger partial charge is 0.343 e. The Balaban J connectivity index is 3.21. The minimum atomic E-state index is -0.716. The summed E-state index contributed by atoms with van der Waals surface area (Å²) in [6.45, 7) is 3.39. The molecule has 0 fully saturated rings. The van der Waals surface area contributed by atoms with Crippen LogP contribution >= 0.6 is 23.2 Å². The van der Waals surface area contributed by atoms with Crippen molar-refractivity contribution in [1.29, 1.82) is 0 Å². The number of carbonyl (C=O) groups is 2. The quantitative estimate of drug-likeness (QED) is 0.348. The van der Waals surface area contributed by atoms with Gasteiger partial charge in [-0.3, -0.25) is 4.99 Å². The highest BCUT2D eigenvalue weighted by Crippen LogP contribution is 2.32. The number of esters is 2. The van der Waals surface area contributed by atoms with Gasteiger partial charge in [-0.25, -0.2) is 9.59 Å². The lowest BCUT2D eigenvalue weighted by Gasteiger charge is -2.07. The van der Waals surface area contributed by atoms with Crippen LogP contribution in [0.2, 0.25) is 10.0 Å². The molecule has 0 amide bonds. The molecule has 0 aromatic heterocycles. The van der Waals surface area contributed by atoms with E-state index in [0.717, 1.165) is 6.21 Å². The van der Waals surface area contributed by atoms with E-state index in [0.29, 0.717) is 6.42 Å². The second-order valence-corrected chi connectivity index (χ2v) is 5.49. The molecule has 0 bridgehead atoms. The highest BCUT2D eigenvalue weighted by atomic mass is 35.5. The molecule has 1 N–H and O–H groups in total. The second-order valence-electron chi connectivity index (χ2n) is 4.67. The van der Waals surface area contributed by atoms with E-state index in [1.807, 2.05) is 6.92 Å². The molecule has 0 saturated heterocycles. The number of allylic oxidation sites excluding steroid dienone is 1. The molecule has 0 heterocycles. The van der Waals surface area contributed by atoms with E-state index in [4.69, 9.17) is 27.9 Å². The summed E-state index contributed by atoms with van der Waals surface area (Å²) in [7, 11) is 1.21. The van der Waals surface area contributed by atoms with Crippen LogP contribution in [0.1, 0.15) is 30.6 Å². The van der Waals surface area contributed by atoms with Gasteiger partial charge < -0.3 is 14.6 Å². The maximum Gasteiger partial charge on any atom is 0.343 e. The molecule has 1 aromatic rings. The van der Waals surface area contributed by atoms with Crippen LogP contribution in [0.15, 0.2) is 28.5 Å². The number of rotatable bonds is 6. The van der Waals surface area contributed by atoms with E-state index in [9.17, 15) is 14.7 Å². The van der Waals surface area contributed by atoms with Crippen LogP contribution in [-0.2, 0) is 14.3 Å². The number of aliphatic imine (C=N–C) groups is 1. The van der Waals surface area contributed by atoms with Crippen molar-refractivity contribution in [3.05, 3.63) is 39.1 Å². The van der Waals surface area contributed by atoms with Gasteiger partial charge >= 0.3 is 11.9 Å². The third kappa shape index (κ3) is 5.25. The Labute approximate surface area is 149 Å². The molecule has 0 atom stereocenters. The van der Waals surface area contributed by atoms with E-state index >= 15 is 0 Å². The third-order valence-corrected chi connectivity index (χ3v) is 3.42. The Morgan fingerprint density at radius 1 is 1.33 bits per heavy atom. The summed E-state index contributed by atoms with van der Waals surface area (Å²) in [6.07, 6.45) is 1.75. The van der Waals surface area contributed by atoms with Crippen molar-refractivity contribution >= 4 is 47.0 Å². The fraction of sp³-hybridized carbons (Fsp3) is 0.312. The van der Waals surface area contributed by atoms with Crippen LogP contribution in [0.25, 0.3) is 0 Å². The Morgan fingerprint density at radius 2 is 2.00 bits per heavy atom. The first-order valence-corrected chi connectivity index (χ1v) is 7.75. The molecule has 0 aliphatic rings. The molecule has 0 aliphatic carbocycles. The number of aliphatic hydroxyl groups is 1. The third-order valence-electron chi connectivity index (χ3n) is 2.80. The second kappa shape index (κ2) is 9.30. The first-order chi connectivity index (χ1) is 11.3. The standard InChI is InChI=1S/C16H17Cl2NO5/c1-4-5-24-16(22)12(9(2)20)8-19-13-7-10(17)6-11(14(13)18)15(21)23-3/h6-8,20H,4-5H2,1-3H3. The van der Waals surface area contributed by atoms with E-state index < -0.39 is 11.9 Å². The number of benzene rings is 1. The summed E-state index contributed by atoms with van der Waals surface area (Å²) in [6, 6.07) is 2.76. The Kier molecular flexibility index (Phi) is 7.74. The van der Waals surface area contributed by atoms with Gasteiger partial charge in [0.1, 0.15) is 11.3 Å². The van der Waals surface area contributed by atoms with Crippen LogP contribution < -0.4 is 0 Å². The molecule has 0 aliphatic heterocycles. The Bertz CT molecular complexity index is 694. The molecule has 0 unspecified atom stereocenters. The molecule has 8 heteroatoms. The van der Waals surface area contributed by atoms with Gasteiger partial charge in [0, 0.05) is 11.2 Å². The van der Waals surface area contributed by atoms with Crippen molar-refractivity contribution in [2.45, 2.75) is 20.3 Å². The summed E-state index contributed by atoms with van der Waals surface area (Å²) >= 11 is 12.1. The predicted molar refractivity (Wildman–Crippen MR) is 92.5 cm³/mol. The molecule has 0 spiro atoms. The van der Waals surface area contributed by atoms with Gasteiger partial charge in [0.15, 0.2) is 0 Å². The largest absolute Gasteiger partial charge is 0.512 e. The van der Waals surface area contributed by atoms with Crippen LogP contribution in [0.4, 0.5) is 5.69 Å². The lowest BCUT2D eigenvalue weighted by Crippen LogP contribution is -2.11. The van der Waals surface area contributed by atoms with Gasteiger partial charge in [-0.05, 0) is 25.5 Å². The molecule has 1 aromatic carbocycles. The lowest BCUT2D eigenvalue weighted by atomic mass is 10.2. The van der Waals surface area contributed by atoms with Crippen molar-refractivity contribution in [2.75, 3.05) is 13.7 Å². The van der Waals surface area contributed by atoms with E-state index in [2.05, 4.69) is 9.73 Å². The first kappa shape index (κ1) is 20.0. The number of aliphatic hydroxyl groups excluding tert-OH is 1. The average Bonchev–Trinajstić information content (AvgIpc) is 2.54. The van der Waals surface area contributed by atoms with Crippen molar-refractivity contribution in [2.24, 2.45) is 4.99 Å². The highest BCUT2D eigenvalue weighted by molar-refractivity contribution is 6.38. The number of methoxy groups -OCH3 is 1. The number of hydrogen-bond acceptors (Lipinski definition) is 6. The van der Waals surface area contributed by atoms with Gasteiger partial charge in [0.05, 0.1) is 30.0 Å². The maximum absolute atomic E-state index is 11.9. The number of halogens is 2. The van der Waals surface area contributed by atoms with Gasteiger partial charge in [0.2, 0.25) is 0 Å². The Hall–Kier alpha value is -2.05. The summed E-state index contributed by atoms with van der Waals surface area (Å²) in [5.41, 5.74) is 0.0596. The number of hydrogen-bond donors (Lipinski definition) is 1. The SMILES string of the molecule is CCCOC(=O)C(C=Nc1cc(Cl)cc(C(=O)OC)c1Cl)=C(C)O. The van der Waals surface area contributed by atoms with Gasteiger partial charge in [-0.1, -0.05) is 30.1 Å². The van der Waals surface area contributed by atoms with Gasteiger partial charge in [-0.15, -0.1) is 0 Å². The molecule has 130 valence electrons. The summed E-state index contributed by atoms with van der Waals surface area (Å²) in [5, 5.41) is 9.85. The van der Waals surface area contributed by atoms with Crippen molar-refractivity contribution in [1.82, 2.24) is 0 Å². The first-order valence-electron chi connectivity index (χ1n) is 7.00. The lowest BCUT2D eigenvalue weighted by molar-refractivity contribution is -0.138. The molecule has 6 nitrogen and oxygen atoms in total. The molecule has 24 heavy (non-hydrogen) atoms. The predicted octanol–water partition coefficient (Wildman–Crippen LogP) is 4.27. The zero-order chi connectivity index (χ0) is 18.3. The number of nitrogens with zero attached hydrogens (tertiary/aromatic N) is 1. The molecular weight excluding hydrogens is 357 g/mol. The fourth-order valence-corrected chi connectivity index (χ4v) is 2.08. The average molecular weight is 374 g/mol. The molecule has 0 saturated carbocycles. The fourth-order valence-electron chi connectivity index (χ4n) is 1.63. The number of ether oxygens (including phenoxy) is 2. The summed E-state index contributed by atoms with van der Waals surface area (Å²) in [5.74, 6) is -1.64. The molecule has 0 radical (unpaired) electrons. The normalized spacial score (nSPS) is 12.0. The van der Waals surface area contributed by atoms with E-state index in [-0.39, 0.29) is 39.2 Å². The van der Waals surface area contributed by atoms with Gasteiger partial charge in [-0.2, -0.15) is 0 Å². The molecule has 1 rings (SSSR count). The highest BCUT2D eigenvalue weighted by Gasteiger charge is 2.17. The minimum Gasteiger partial charge on any atom is -0.512 e.